The lowest BCUT2D eigenvalue weighted by Crippen LogP contribution is -2.31. The number of hydrogen-bond acceptors (Lipinski definition) is 3. The number of aromatic nitrogens is 1. The van der Waals surface area contributed by atoms with E-state index in [1.807, 2.05) is 0 Å². The summed E-state index contributed by atoms with van der Waals surface area (Å²) in [6.07, 6.45) is 3.76. The van der Waals surface area contributed by atoms with Crippen molar-refractivity contribution in [3.05, 3.63) is 29.0 Å². The van der Waals surface area contributed by atoms with Gasteiger partial charge in [-0.1, -0.05) is 11.6 Å². The number of rotatable bonds is 3. The molecule has 2 rings (SSSR count). The van der Waals surface area contributed by atoms with E-state index in [1.165, 1.54) is 0 Å². The first-order valence-corrected chi connectivity index (χ1v) is 5.65. The van der Waals surface area contributed by atoms with Gasteiger partial charge in [-0.2, -0.15) is 0 Å². The molecule has 0 radical (unpaired) electrons. The van der Waals surface area contributed by atoms with Gasteiger partial charge in [-0.25, -0.2) is 4.98 Å². The Labute approximate surface area is 99.0 Å². The lowest BCUT2D eigenvalue weighted by Gasteiger charge is -2.10. The van der Waals surface area contributed by atoms with Crippen molar-refractivity contribution in [3.63, 3.8) is 0 Å². The van der Waals surface area contributed by atoms with Gasteiger partial charge < -0.3 is 10.1 Å². The van der Waals surface area contributed by atoms with Gasteiger partial charge in [-0.15, -0.1) is 0 Å². The number of hydrogen-bond donors (Lipinski definition) is 1. The molecule has 1 saturated heterocycles. The predicted molar refractivity (Wildman–Crippen MR) is 60.6 cm³/mol. The summed E-state index contributed by atoms with van der Waals surface area (Å²) in [6.45, 7) is 1.32. The highest BCUT2D eigenvalue weighted by Gasteiger charge is 2.17. The minimum Gasteiger partial charge on any atom is -0.376 e. The smallest absolute Gasteiger partial charge is 0.254 e. The van der Waals surface area contributed by atoms with E-state index < -0.39 is 0 Å². The molecule has 1 fully saturated rings. The van der Waals surface area contributed by atoms with Crippen LogP contribution in [0.1, 0.15) is 23.2 Å². The highest BCUT2D eigenvalue weighted by atomic mass is 35.5. The molecule has 0 bridgehead atoms. The molecule has 1 atom stereocenters. The second-order valence-electron chi connectivity index (χ2n) is 3.69. The molecule has 4 nitrogen and oxygen atoms in total. The molecular weight excluding hydrogens is 228 g/mol. The van der Waals surface area contributed by atoms with Crippen LogP contribution >= 0.6 is 11.6 Å². The van der Waals surface area contributed by atoms with Crippen molar-refractivity contribution in [1.82, 2.24) is 10.3 Å². The quantitative estimate of drug-likeness (QED) is 0.818. The molecule has 2 heterocycles. The Morgan fingerprint density at radius 1 is 1.69 bits per heavy atom. The number of carbonyl (C=O) groups excluding carboxylic acids is 1. The number of nitrogens with zero attached hydrogens (tertiary/aromatic N) is 1. The van der Waals surface area contributed by atoms with Crippen molar-refractivity contribution < 1.29 is 9.53 Å². The third kappa shape index (κ3) is 2.71. The molecule has 1 N–H and O–H groups in total. The molecule has 0 saturated carbocycles. The summed E-state index contributed by atoms with van der Waals surface area (Å²) in [5.74, 6) is -0.200. The van der Waals surface area contributed by atoms with Gasteiger partial charge in [0.25, 0.3) is 5.91 Å². The summed E-state index contributed by atoms with van der Waals surface area (Å²) in [5.41, 5.74) is 0.405. The largest absolute Gasteiger partial charge is 0.376 e. The van der Waals surface area contributed by atoms with Crippen molar-refractivity contribution in [2.75, 3.05) is 13.2 Å². The van der Waals surface area contributed by atoms with Crippen molar-refractivity contribution in [3.8, 4) is 0 Å². The number of nitrogens with one attached hydrogen (secondary N) is 1. The van der Waals surface area contributed by atoms with Crippen LogP contribution in [0, 0.1) is 0 Å². The number of halogens is 1. The fraction of sp³-hybridized carbons (Fsp3) is 0.455. The van der Waals surface area contributed by atoms with Gasteiger partial charge in [-0.3, -0.25) is 4.79 Å². The van der Waals surface area contributed by atoms with Crippen LogP contribution in [0.4, 0.5) is 0 Å². The highest BCUT2D eigenvalue weighted by Crippen LogP contribution is 2.13. The lowest BCUT2D eigenvalue weighted by atomic mass is 10.2. The number of carbonyl (C=O) groups is 1. The Morgan fingerprint density at radius 2 is 2.56 bits per heavy atom. The van der Waals surface area contributed by atoms with Gasteiger partial charge in [0, 0.05) is 19.3 Å². The summed E-state index contributed by atoms with van der Waals surface area (Å²) in [6, 6.07) is 3.34. The molecule has 1 amide bonds. The molecule has 1 aliphatic heterocycles. The Bertz CT molecular complexity index is 378. The van der Waals surface area contributed by atoms with Crippen LogP contribution in [0.2, 0.25) is 5.15 Å². The molecule has 16 heavy (non-hydrogen) atoms. The minimum atomic E-state index is -0.200. The maximum absolute atomic E-state index is 11.7. The summed E-state index contributed by atoms with van der Waals surface area (Å²) < 4.78 is 5.41. The average Bonchev–Trinajstić information content (AvgIpc) is 2.79. The molecule has 1 aliphatic rings. The molecule has 86 valence electrons. The van der Waals surface area contributed by atoms with Crippen molar-refractivity contribution >= 4 is 17.5 Å². The van der Waals surface area contributed by atoms with E-state index in [0.717, 1.165) is 19.4 Å². The zero-order valence-electron chi connectivity index (χ0n) is 8.78. The van der Waals surface area contributed by atoms with E-state index in [-0.39, 0.29) is 17.2 Å². The van der Waals surface area contributed by atoms with Gasteiger partial charge >= 0.3 is 0 Å². The Morgan fingerprint density at radius 3 is 3.25 bits per heavy atom. The molecule has 0 spiro atoms. The van der Waals surface area contributed by atoms with Crippen molar-refractivity contribution in [1.29, 1.82) is 0 Å². The number of amides is 1. The van der Waals surface area contributed by atoms with E-state index in [0.29, 0.717) is 12.1 Å². The van der Waals surface area contributed by atoms with E-state index in [4.69, 9.17) is 16.3 Å². The normalized spacial score (nSPS) is 19.7. The van der Waals surface area contributed by atoms with Crippen LogP contribution in [0.15, 0.2) is 18.3 Å². The van der Waals surface area contributed by atoms with Gasteiger partial charge in [0.05, 0.1) is 11.7 Å². The Kier molecular flexibility index (Phi) is 3.74. The summed E-state index contributed by atoms with van der Waals surface area (Å²) in [4.78, 5) is 15.6. The first-order chi connectivity index (χ1) is 7.77. The molecular formula is C11H13ClN2O2. The highest BCUT2D eigenvalue weighted by molar-refractivity contribution is 6.32. The van der Waals surface area contributed by atoms with E-state index in [1.54, 1.807) is 18.3 Å². The first-order valence-electron chi connectivity index (χ1n) is 5.27. The second-order valence-corrected chi connectivity index (χ2v) is 4.04. The first kappa shape index (κ1) is 11.4. The Hall–Kier alpha value is -1.13. The Balaban J connectivity index is 1.90. The zero-order valence-corrected chi connectivity index (χ0v) is 9.54. The topological polar surface area (TPSA) is 51.2 Å². The zero-order chi connectivity index (χ0) is 11.4. The van der Waals surface area contributed by atoms with Gasteiger partial charge in [0.1, 0.15) is 5.15 Å². The van der Waals surface area contributed by atoms with Gasteiger partial charge in [-0.05, 0) is 25.0 Å². The maximum Gasteiger partial charge on any atom is 0.254 e. The molecule has 0 aromatic carbocycles. The number of ether oxygens (including phenoxy) is 1. The SMILES string of the molecule is O=C(NC[C@H]1CCCO1)c1cccnc1Cl. The van der Waals surface area contributed by atoms with Gasteiger partial charge in [0.2, 0.25) is 0 Å². The molecule has 5 heteroatoms. The summed E-state index contributed by atoms with van der Waals surface area (Å²) in [5, 5.41) is 3.02. The predicted octanol–water partition coefficient (Wildman–Crippen LogP) is 1.64. The van der Waals surface area contributed by atoms with Gasteiger partial charge in [0.15, 0.2) is 0 Å². The molecule has 1 aromatic rings. The fourth-order valence-electron chi connectivity index (χ4n) is 1.66. The van der Waals surface area contributed by atoms with Crippen LogP contribution in [0.25, 0.3) is 0 Å². The maximum atomic E-state index is 11.7. The van der Waals surface area contributed by atoms with Crippen LogP contribution in [0.5, 0.6) is 0 Å². The van der Waals surface area contributed by atoms with Crippen LogP contribution < -0.4 is 5.32 Å². The van der Waals surface area contributed by atoms with Crippen LogP contribution in [-0.4, -0.2) is 30.1 Å². The van der Waals surface area contributed by atoms with Crippen molar-refractivity contribution in [2.45, 2.75) is 18.9 Å². The third-order valence-corrected chi connectivity index (χ3v) is 2.82. The lowest BCUT2D eigenvalue weighted by molar-refractivity contribution is 0.0857. The average molecular weight is 241 g/mol. The van der Waals surface area contributed by atoms with E-state index in [2.05, 4.69) is 10.3 Å². The third-order valence-electron chi connectivity index (χ3n) is 2.52. The monoisotopic (exact) mass is 240 g/mol. The second kappa shape index (κ2) is 5.27. The molecule has 0 unspecified atom stereocenters. The molecule has 1 aromatic heterocycles. The van der Waals surface area contributed by atoms with E-state index in [9.17, 15) is 4.79 Å². The van der Waals surface area contributed by atoms with E-state index >= 15 is 0 Å². The fourth-order valence-corrected chi connectivity index (χ4v) is 1.87. The summed E-state index contributed by atoms with van der Waals surface area (Å²) >= 11 is 5.81. The standard InChI is InChI=1S/C11H13ClN2O2/c12-10-9(4-1-5-13-10)11(15)14-7-8-3-2-6-16-8/h1,4-5,8H,2-3,6-7H2,(H,14,15)/t8-/m1/s1. The van der Waals surface area contributed by atoms with Crippen LogP contribution in [0.3, 0.4) is 0 Å². The van der Waals surface area contributed by atoms with Crippen LogP contribution in [-0.2, 0) is 4.74 Å². The number of pyridine rings is 1. The summed E-state index contributed by atoms with van der Waals surface area (Å²) in [7, 11) is 0. The van der Waals surface area contributed by atoms with Crippen molar-refractivity contribution in [2.24, 2.45) is 0 Å². The minimum absolute atomic E-state index is 0.138. The molecule has 0 aliphatic carbocycles.